The fourth-order valence-corrected chi connectivity index (χ4v) is 2.40. The van der Waals surface area contributed by atoms with Crippen molar-refractivity contribution in [3.05, 3.63) is 23.8 Å². The number of anilines is 1. The first kappa shape index (κ1) is 11.4. The molecule has 0 aliphatic rings. The maximum absolute atomic E-state index is 5.92. The first-order valence-electron chi connectivity index (χ1n) is 5.08. The lowest BCUT2D eigenvalue weighted by Gasteiger charge is -2.07. The van der Waals surface area contributed by atoms with E-state index >= 15 is 0 Å². The third kappa shape index (κ3) is 3.62. The summed E-state index contributed by atoms with van der Waals surface area (Å²) in [6.45, 7) is 6.57. The molecule has 1 aromatic rings. The monoisotopic (exact) mass is 209 g/mol. The molecule has 0 aliphatic carbocycles. The van der Waals surface area contributed by atoms with Crippen molar-refractivity contribution in [1.29, 1.82) is 0 Å². The van der Waals surface area contributed by atoms with Gasteiger partial charge in [0.1, 0.15) is 0 Å². The van der Waals surface area contributed by atoms with E-state index in [1.54, 1.807) is 0 Å². The van der Waals surface area contributed by atoms with Crippen LogP contribution in [0.1, 0.15) is 25.8 Å². The normalized spacial score (nSPS) is 10.9. The van der Waals surface area contributed by atoms with Crippen molar-refractivity contribution in [3.8, 4) is 0 Å². The highest BCUT2D eigenvalue weighted by Crippen LogP contribution is 2.26. The number of aryl methyl sites for hydroxylation is 1. The van der Waals surface area contributed by atoms with Gasteiger partial charge in [0, 0.05) is 10.6 Å². The summed E-state index contributed by atoms with van der Waals surface area (Å²) >= 11 is 1.86. The molecule has 0 atom stereocenters. The third-order valence-corrected chi connectivity index (χ3v) is 3.24. The SMILES string of the molecule is Cc1ccc(SCCC(C)C)c(N)c1. The number of benzene rings is 1. The van der Waals surface area contributed by atoms with Gasteiger partial charge in [0.2, 0.25) is 0 Å². The number of thioether (sulfide) groups is 1. The van der Waals surface area contributed by atoms with Gasteiger partial charge in [0.05, 0.1) is 0 Å². The van der Waals surface area contributed by atoms with E-state index in [0.29, 0.717) is 0 Å². The molecular formula is C12H19NS. The minimum absolute atomic E-state index is 0.772. The average molecular weight is 209 g/mol. The zero-order valence-corrected chi connectivity index (χ0v) is 10.0. The highest BCUT2D eigenvalue weighted by molar-refractivity contribution is 7.99. The molecule has 1 nitrogen and oxygen atoms in total. The minimum atomic E-state index is 0.772. The Kier molecular flexibility index (Phi) is 4.33. The maximum Gasteiger partial charge on any atom is 0.0454 e. The van der Waals surface area contributed by atoms with Crippen molar-refractivity contribution in [2.24, 2.45) is 5.92 Å². The molecule has 0 spiro atoms. The van der Waals surface area contributed by atoms with Crippen molar-refractivity contribution >= 4 is 17.4 Å². The highest BCUT2D eigenvalue weighted by atomic mass is 32.2. The molecule has 0 saturated carbocycles. The van der Waals surface area contributed by atoms with Crippen LogP contribution in [-0.2, 0) is 0 Å². The largest absolute Gasteiger partial charge is 0.398 e. The van der Waals surface area contributed by atoms with Gasteiger partial charge in [-0.1, -0.05) is 19.9 Å². The zero-order valence-electron chi connectivity index (χ0n) is 9.21. The van der Waals surface area contributed by atoms with Crippen LogP contribution in [0.4, 0.5) is 5.69 Å². The number of nitrogen functional groups attached to an aromatic ring is 1. The van der Waals surface area contributed by atoms with Crippen LogP contribution in [0.5, 0.6) is 0 Å². The maximum atomic E-state index is 5.92. The van der Waals surface area contributed by atoms with E-state index in [0.717, 1.165) is 17.4 Å². The van der Waals surface area contributed by atoms with Crippen LogP contribution in [0.2, 0.25) is 0 Å². The summed E-state index contributed by atoms with van der Waals surface area (Å²) in [6.07, 6.45) is 1.25. The molecule has 14 heavy (non-hydrogen) atoms. The van der Waals surface area contributed by atoms with Gasteiger partial charge in [-0.15, -0.1) is 11.8 Å². The first-order valence-corrected chi connectivity index (χ1v) is 6.07. The molecule has 0 saturated heterocycles. The number of rotatable bonds is 4. The predicted molar refractivity (Wildman–Crippen MR) is 65.8 cm³/mol. The van der Waals surface area contributed by atoms with Crippen LogP contribution in [-0.4, -0.2) is 5.75 Å². The van der Waals surface area contributed by atoms with Gasteiger partial charge < -0.3 is 5.73 Å². The highest BCUT2D eigenvalue weighted by Gasteiger charge is 2.00. The zero-order chi connectivity index (χ0) is 10.6. The lowest BCUT2D eigenvalue weighted by atomic mass is 10.2. The standard InChI is InChI=1S/C12H19NS/c1-9(2)6-7-14-12-5-4-10(3)8-11(12)13/h4-5,8-9H,6-7,13H2,1-3H3. The Morgan fingerprint density at radius 3 is 2.64 bits per heavy atom. The van der Waals surface area contributed by atoms with E-state index in [1.165, 1.54) is 16.9 Å². The Hall–Kier alpha value is -0.630. The van der Waals surface area contributed by atoms with Gasteiger partial charge in [0.25, 0.3) is 0 Å². The Morgan fingerprint density at radius 1 is 1.36 bits per heavy atom. The minimum Gasteiger partial charge on any atom is -0.398 e. The second-order valence-electron chi connectivity index (χ2n) is 4.07. The summed E-state index contributed by atoms with van der Waals surface area (Å²) in [7, 11) is 0. The number of nitrogens with two attached hydrogens (primary N) is 1. The van der Waals surface area contributed by atoms with E-state index in [2.05, 4.69) is 32.9 Å². The third-order valence-electron chi connectivity index (χ3n) is 2.12. The van der Waals surface area contributed by atoms with E-state index in [4.69, 9.17) is 5.73 Å². The van der Waals surface area contributed by atoms with Crippen LogP contribution < -0.4 is 5.73 Å². The molecule has 0 bridgehead atoms. The molecule has 78 valence electrons. The van der Waals surface area contributed by atoms with Crippen LogP contribution in [0.25, 0.3) is 0 Å². The van der Waals surface area contributed by atoms with Crippen LogP contribution in [0.15, 0.2) is 23.1 Å². The van der Waals surface area contributed by atoms with E-state index in [-0.39, 0.29) is 0 Å². The Labute approximate surface area is 91.1 Å². The van der Waals surface area contributed by atoms with Crippen molar-refractivity contribution in [2.45, 2.75) is 32.1 Å². The average Bonchev–Trinajstić information content (AvgIpc) is 2.08. The molecule has 0 aliphatic heterocycles. The Bertz CT molecular complexity index is 294. The second-order valence-corrected chi connectivity index (χ2v) is 5.21. The lowest BCUT2D eigenvalue weighted by Crippen LogP contribution is -1.92. The molecule has 0 unspecified atom stereocenters. The van der Waals surface area contributed by atoms with Crippen molar-refractivity contribution < 1.29 is 0 Å². The summed E-state index contributed by atoms with van der Waals surface area (Å²) in [5.74, 6) is 1.93. The van der Waals surface area contributed by atoms with Crippen LogP contribution in [0.3, 0.4) is 0 Å². The number of hydrogen-bond acceptors (Lipinski definition) is 2. The summed E-state index contributed by atoms with van der Waals surface area (Å²) in [6, 6.07) is 6.28. The Balaban J connectivity index is 2.51. The summed E-state index contributed by atoms with van der Waals surface area (Å²) in [4.78, 5) is 1.22. The van der Waals surface area contributed by atoms with Crippen LogP contribution >= 0.6 is 11.8 Å². The number of hydrogen-bond donors (Lipinski definition) is 1. The van der Waals surface area contributed by atoms with Crippen molar-refractivity contribution in [2.75, 3.05) is 11.5 Å². The van der Waals surface area contributed by atoms with Gasteiger partial charge in [0.15, 0.2) is 0 Å². The fourth-order valence-electron chi connectivity index (χ4n) is 1.20. The summed E-state index contributed by atoms with van der Waals surface area (Å²) in [5.41, 5.74) is 8.07. The first-order chi connectivity index (χ1) is 6.59. The molecule has 2 N–H and O–H groups in total. The molecular weight excluding hydrogens is 190 g/mol. The second kappa shape index (κ2) is 5.30. The van der Waals surface area contributed by atoms with Crippen LogP contribution in [0, 0.1) is 12.8 Å². The molecule has 0 amide bonds. The van der Waals surface area contributed by atoms with Gasteiger partial charge in [-0.25, -0.2) is 0 Å². The molecule has 1 aromatic carbocycles. The van der Waals surface area contributed by atoms with Gasteiger partial charge in [-0.05, 0) is 42.7 Å². The van der Waals surface area contributed by atoms with E-state index in [1.807, 2.05) is 17.8 Å². The van der Waals surface area contributed by atoms with Gasteiger partial charge in [-0.2, -0.15) is 0 Å². The Morgan fingerprint density at radius 2 is 2.07 bits per heavy atom. The smallest absolute Gasteiger partial charge is 0.0454 e. The van der Waals surface area contributed by atoms with Crippen molar-refractivity contribution in [3.63, 3.8) is 0 Å². The van der Waals surface area contributed by atoms with E-state index in [9.17, 15) is 0 Å². The quantitative estimate of drug-likeness (QED) is 0.604. The van der Waals surface area contributed by atoms with Gasteiger partial charge >= 0.3 is 0 Å². The predicted octanol–water partition coefficient (Wildman–Crippen LogP) is 3.72. The fraction of sp³-hybridized carbons (Fsp3) is 0.500. The molecule has 0 aromatic heterocycles. The summed E-state index contributed by atoms with van der Waals surface area (Å²) < 4.78 is 0. The molecule has 0 radical (unpaired) electrons. The molecule has 2 heteroatoms. The lowest BCUT2D eigenvalue weighted by molar-refractivity contribution is 0.632. The molecule has 0 fully saturated rings. The van der Waals surface area contributed by atoms with Crippen molar-refractivity contribution in [1.82, 2.24) is 0 Å². The topological polar surface area (TPSA) is 26.0 Å². The van der Waals surface area contributed by atoms with Gasteiger partial charge in [-0.3, -0.25) is 0 Å². The summed E-state index contributed by atoms with van der Waals surface area (Å²) in [5, 5.41) is 0. The molecule has 1 rings (SSSR count). The van der Waals surface area contributed by atoms with E-state index < -0.39 is 0 Å². The molecule has 0 heterocycles.